The number of amides is 1. The molecule has 0 saturated carbocycles. The van der Waals surface area contributed by atoms with Crippen LogP contribution in [-0.4, -0.2) is 26.9 Å². The number of carbonyl (C=O) groups is 1. The van der Waals surface area contributed by atoms with Gasteiger partial charge in [-0.05, 0) is 55.1 Å². The number of halogens is 2. The van der Waals surface area contributed by atoms with E-state index in [2.05, 4.69) is 36.6 Å². The molecule has 4 rings (SSSR count). The number of thioether (sulfide) groups is 1. The van der Waals surface area contributed by atoms with Gasteiger partial charge in [0.1, 0.15) is 6.04 Å². The topological polar surface area (TPSA) is 71.8 Å². The molecule has 0 fully saturated rings. The predicted molar refractivity (Wildman–Crippen MR) is 120 cm³/mol. The summed E-state index contributed by atoms with van der Waals surface area (Å²) in [7, 11) is 0. The maximum atomic E-state index is 13.3. The van der Waals surface area contributed by atoms with Gasteiger partial charge in [-0.15, -0.1) is 5.10 Å². The number of allylic oxidation sites excluding steroid dienone is 1. The molecule has 1 amide bonds. The molecule has 0 radical (unpaired) electrons. The van der Waals surface area contributed by atoms with Crippen molar-refractivity contribution in [1.29, 1.82) is 0 Å². The first kappa shape index (κ1) is 20.0. The molecule has 2 N–H and O–H groups in total. The number of nitrogens with one attached hydrogen (secondary N) is 2. The van der Waals surface area contributed by atoms with Gasteiger partial charge in [-0.2, -0.15) is 4.98 Å². The highest BCUT2D eigenvalue weighted by Gasteiger charge is 2.34. The Morgan fingerprint density at radius 3 is 2.72 bits per heavy atom. The molecule has 1 aliphatic rings. The second-order valence-corrected chi connectivity index (χ2v) is 8.57. The summed E-state index contributed by atoms with van der Waals surface area (Å²) >= 11 is 10.9. The van der Waals surface area contributed by atoms with E-state index in [0.717, 1.165) is 15.7 Å². The molecule has 0 spiro atoms. The van der Waals surface area contributed by atoms with Crippen LogP contribution in [0.5, 0.6) is 0 Å². The van der Waals surface area contributed by atoms with Gasteiger partial charge in [-0.3, -0.25) is 4.79 Å². The highest BCUT2D eigenvalue weighted by atomic mass is 79.9. The van der Waals surface area contributed by atoms with Gasteiger partial charge < -0.3 is 10.6 Å². The Labute approximate surface area is 185 Å². The second-order valence-electron chi connectivity index (χ2n) is 6.45. The number of rotatable bonds is 4. The minimum atomic E-state index is -0.413. The second kappa shape index (κ2) is 8.22. The van der Waals surface area contributed by atoms with Crippen molar-refractivity contribution < 1.29 is 4.79 Å². The Hall–Kier alpha value is -2.29. The zero-order chi connectivity index (χ0) is 20.5. The zero-order valence-corrected chi connectivity index (χ0v) is 18.8. The Balaban J connectivity index is 1.78. The third kappa shape index (κ3) is 4.05. The number of hydrogen-bond donors (Lipinski definition) is 2. The number of benzene rings is 2. The highest BCUT2D eigenvalue weighted by Crippen LogP contribution is 2.37. The van der Waals surface area contributed by atoms with Crippen LogP contribution in [-0.2, 0) is 4.79 Å². The van der Waals surface area contributed by atoms with E-state index in [1.165, 1.54) is 11.8 Å². The van der Waals surface area contributed by atoms with E-state index >= 15 is 0 Å². The summed E-state index contributed by atoms with van der Waals surface area (Å²) in [6, 6.07) is 14.5. The van der Waals surface area contributed by atoms with Gasteiger partial charge in [0.15, 0.2) is 0 Å². The first-order chi connectivity index (χ1) is 14.0. The van der Waals surface area contributed by atoms with Crippen LogP contribution in [0.25, 0.3) is 0 Å². The van der Waals surface area contributed by atoms with Gasteiger partial charge in [-0.25, -0.2) is 4.68 Å². The quantitative estimate of drug-likeness (QED) is 0.483. The van der Waals surface area contributed by atoms with Crippen LogP contribution in [0.4, 0.5) is 11.6 Å². The molecule has 2 heterocycles. The van der Waals surface area contributed by atoms with Crippen LogP contribution in [0.1, 0.15) is 18.5 Å². The van der Waals surface area contributed by atoms with E-state index < -0.39 is 6.04 Å². The molecule has 1 unspecified atom stereocenters. The summed E-state index contributed by atoms with van der Waals surface area (Å²) in [5, 5.41) is 12.0. The van der Waals surface area contributed by atoms with E-state index in [0.29, 0.717) is 27.4 Å². The van der Waals surface area contributed by atoms with E-state index in [9.17, 15) is 4.79 Å². The molecular formula is C20H17BrClN5OS. The number of fused-ring (bicyclic) bond motifs is 1. The lowest BCUT2D eigenvalue weighted by Gasteiger charge is -2.28. The summed E-state index contributed by atoms with van der Waals surface area (Å²) in [4.78, 5) is 17.8. The van der Waals surface area contributed by atoms with Crippen molar-refractivity contribution in [3.63, 3.8) is 0 Å². The molecule has 6 nitrogen and oxygen atoms in total. The first-order valence-electron chi connectivity index (χ1n) is 8.77. The lowest BCUT2D eigenvalue weighted by atomic mass is 9.95. The first-order valence-corrected chi connectivity index (χ1v) is 11.2. The normalized spacial score (nSPS) is 15.7. The lowest BCUT2D eigenvalue weighted by Crippen LogP contribution is -2.31. The molecule has 9 heteroatoms. The van der Waals surface area contributed by atoms with Crippen molar-refractivity contribution >= 4 is 56.8 Å². The molecule has 1 atom stereocenters. The average molecular weight is 491 g/mol. The molecule has 1 aliphatic heterocycles. The van der Waals surface area contributed by atoms with Crippen LogP contribution in [0.3, 0.4) is 0 Å². The molecule has 3 aromatic rings. The predicted octanol–water partition coefficient (Wildman–Crippen LogP) is 5.34. The summed E-state index contributed by atoms with van der Waals surface area (Å²) in [5.74, 6) is 0.397. The fraction of sp³-hybridized carbons (Fsp3) is 0.150. The smallest absolute Gasteiger partial charge is 0.255 e. The largest absolute Gasteiger partial charge is 0.328 e. The SMILES string of the molecule is CSc1nc2n(n1)C(c1cccc(Br)c1)C(C(=O)Nc1ccc(Cl)cc1)=C(C)N2. The fourth-order valence-corrected chi connectivity index (χ4v) is 4.12. The Kier molecular flexibility index (Phi) is 5.67. The molecule has 0 saturated heterocycles. The fourth-order valence-electron chi connectivity index (χ4n) is 3.23. The maximum absolute atomic E-state index is 13.3. The number of carbonyl (C=O) groups excluding carboxylic acids is 1. The summed E-state index contributed by atoms with van der Waals surface area (Å²) in [6.45, 7) is 1.87. The minimum Gasteiger partial charge on any atom is -0.328 e. The molecule has 29 heavy (non-hydrogen) atoms. The van der Waals surface area contributed by atoms with E-state index in [1.807, 2.05) is 37.4 Å². The number of nitrogens with zero attached hydrogens (tertiary/aromatic N) is 3. The molecule has 1 aromatic heterocycles. The summed E-state index contributed by atoms with van der Waals surface area (Å²) < 4.78 is 2.69. The third-order valence-electron chi connectivity index (χ3n) is 4.53. The monoisotopic (exact) mass is 489 g/mol. The third-order valence-corrected chi connectivity index (χ3v) is 5.81. The van der Waals surface area contributed by atoms with E-state index in [1.54, 1.807) is 28.9 Å². The molecule has 2 aromatic carbocycles. The molecular weight excluding hydrogens is 474 g/mol. The van der Waals surface area contributed by atoms with Gasteiger partial charge in [0.05, 0.1) is 5.57 Å². The lowest BCUT2D eigenvalue weighted by molar-refractivity contribution is -0.113. The average Bonchev–Trinajstić information content (AvgIpc) is 3.11. The zero-order valence-electron chi connectivity index (χ0n) is 15.6. The van der Waals surface area contributed by atoms with Crippen LogP contribution in [0, 0.1) is 0 Å². The van der Waals surface area contributed by atoms with Crippen molar-refractivity contribution in [1.82, 2.24) is 14.8 Å². The van der Waals surface area contributed by atoms with Crippen molar-refractivity contribution in [3.05, 3.63) is 74.9 Å². The Bertz CT molecular complexity index is 1110. The summed E-state index contributed by atoms with van der Waals surface area (Å²) in [5.41, 5.74) is 2.90. The van der Waals surface area contributed by atoms with Gasteiger partial charge in [0.2, 0.25) is 11.1 Å². The summed E-state index contributed by atoms with van der Waals surface area (Å²) in [6.07, 6.45) is 1.92. The van der Waals surface area contributed by atoms with Gasteiger partial charge in [0, 0.05) is 20.9 Å². The van der Waals surface area contributed by atoms with Gasteiger partial charge >= 0.3 is 0 Å². The number of hydrogen-bond acceptors (Lipinski definition) is 5. The van der Waals surface area contributed by atoms with Crippen LogP contribution in [0.2, 0.25) is 5.02 Å². The molecule has 0 bridgehead atoms. The van der Waals surface area contributed by atoms with Crippen molar-refractivity contribution in [3.8, 4) is 0 Å². The molecule has 0 aliphatic carbocycles. The van der Waals surface area contributed by atoms with Crippen LogP contribution in [0.15, 0.2) is 69.4 Å². The highest BCUT2D eigenvalue weighted by molar-refractivity contribution is 9.10. The molecule has 148 valence electrons. The van der Waals surface area contributed by atoms with Crippen molar-refractivity contribution in [2.45, 2.75) is 18.1 Å². The maximum Gasteiger partial charge on any atom is 0.255 e. The van der Waals surface area contributed by atoms with Gasteiger partial charge in [-0.1, -0.05) is 51.4 Å². The van der Waals surface area contributed by atoms with Gasteiger partial charge in [0.25, 0.3) is 5.91 Å². The van der Waals surface area contributed by atoms with Crippen molar-refractivity contribution in [2.24, 2.45) is 0 Å². The number of anilines is 2. The minimum absolute atomic E-state index is 0.214. The van der Waals surface area contributed by atoms with E-state index in [4.69, 9.17) is 11.6 Å². The number of aromatic nitrogens is 3. The van der Waals surface area contributed by atoms with Crippen molar-refractivity contribution in [2.75, 3.05) is 16.9 Å². The van der Waals surface area contributed by atoms with Crippen LogP contribution < -0.4 is 10.6 Å². The Morgan fingerprint density at radius 2 is 2.03 bits per heavy atom. The van der Waals surface area contributed by atoms with E-state index in [-0.39, 0.29) is 5.91 Å². The Morgan fingerprint density at radius 1 is 1.28 bits per heavy atom. The standard InChI is InChI=1S/C20H17BrClN5OS/c1-11-16(18(28)24-15-8-6-14(22)7-9-15)17(12-4-3-5-13(21)10-12)27-19(23-11)25-20(26-27)29-2/h3-10,17H,1-2H3,(H,24,28)(H,23,25,26). The van der Waals surface area contributed by atoms with Crippen LogP contribution >= 0.6 is 39.3 Å².